The summed E-state index contributed by atoms with van der Waals surface area (Å²) >= 11 is 6.22. The van der Waals surface area contributed by atoms with Crippen molar-refractivity contribution in [1.82, 2.24) is 14.3 Å². The predicted molar refractivity (Wildman–Crippen MR) is 109 cm³/mol. The van der Waals surface area contributed by atoms with Gasteiger partial charge in [-0.1, -0.05) is 29.8 Å². The number of aryl methyl sites for hydroxylation is 1. The minimum Gasteiger partial charge on any atom is -0.368 e. The lowest BCUT2D eigenvalue weighted by atomic mass is 10.2. The second-order valence-electron chi connectivity index (χ2n) is 6.70. The van der Waals surface area contributed by atoms with E-state index in [9.17, 15) is 4.79 Å². The Bertz CT molecular complexity index is 1000. The molecule has 1 aromatic carbocycles. The maximum Gasteiger partial charge on any atom is 0.246 e. The maximum atomic E-state index is 12.6. The first-order valence-electron chi connectivity index (χ1n) is 9.03. The number of amides is 1. The molecule has 0 unspecified atom stereocenters. The SMILES string of the molecule is Cc1cccc(N2CCN(C(=O)/C=C/c3c(Cl)nc4ccccn34)CC2)c1. The maximum absolute atomic E-state index is 12.6. The Morgan fingerprint density at radius 2 is 1.93 bits per heavy atom. The molecule has 0 atom stereocenters. The Labute approximate surface area is 163 Å². The third-order valence-electron chi connectivity index (χ3n) is 4.86. The molecular weight excluding hydrogens is 360 g/mol. The van der Waals surface area contributed by atoms with Crippen molar-refractivity contribution in [2.24, 2.45) is 0 Å². The lowest BCUT2D eigenvalue weighted by Gasteiger charge is -2.35. The number of fused-ring (bicyclic) bond motifs is 1. The lowest BCUT2D eigenvalue weighted by Crippen LogP contribution is -2.48. The zero-order valence-electron chi connectivity index (χ0n) is 15.2. The standard InChI is InChI=1S/C21H21ClN4O/c1-16-5-4-6-17(15-16)24-11-13-25(14-12-24)20(27)9-8-18-21(22)23-19-7-2-3-10-26(18)19/h2-10,15H,11-14H2,1H3/b9-8+. The number of imidazole rings is 1. The summed E-state index contributed by atoms with van der Waals surface area (Å²) in [5, 5.41) is 0.398. The molecule has 1 aliphatic heterocycles. The van der Waals surface area contributed by atoms with Crippen LogP contribution in [0, 0.1) is 6.92 Å². The third kappa shape index (κ3) is 3.69. The van der Waals surface area contributed by atoms with Crippen LogP contribution in [0.4, 0.5) is 5.69 Å². The van der Waals surface area contributed by atoms with Crippen molar-refractivity contribution < 1.29 is 4.79 Å². The van der Waals surface area contributed by atoms with Crippen molar-refractivity contribution in [3.05, 3.63) is 71.1 Å². The highest BCUT2D eigenvalue weighted by atomic mass is 35.5. The highest BCUT2D eigenvalue weighted by Gasteiger charge is 2.20. The number of pyridine rings is 1. The van der Waals surface area contributed by atoms with Gasteiger partial charge >= 0.3 is 0 Å². The van der Waals surface area contributed by atoms with Gasteiger partial charge in [-0.05, 0) is 42.8 Å². The van der Waals surface area contributed by atoms with Crippen molar-refractivity contribution in [3.63, 3.8) is 0 Å². The molecule has 3 heterocycles. The molecule has 0 radical (unpaired) electrons. The summed E-state index contributed by atoms with van der Waals surface area (Å²) in [7, 11) is 0. The van der Waals surface area contributed by atoms with Gasteiger partial charge in [0.15, 0.2) is 5.15 Å². The Morgan fingerprint density at radius 1 is 1.11 bits per heavy atom. The second kappa shape index (κ2) is 7.45. The molecule has 4 rings (SSSR count). The van der Waals surface area contributed by atoms with E-state index in [1.165, 1.54) is 11.3 Å². The zero-order valence-corrected chi connectivity index (χ0v) is 15.9. The van der Waals surface area contributed by atoms with Crippen LogP contribution < -0.4 is 4.90 Å². The summed E-state index contributed by atoms with van der Waals surface area (Å²) in [5.41, 5.74) is 3.95. The first kappa shape index (κ1) is 17.6. The first-order valence-corrected chi connectivity index (χ1v) is 9.41. The van der Waals surface area contributed by atoms with Gasteiger partial charge in [0, 0.05) is 44.1 Å². The lowest BCUT2D eigenvalue weighted by molar-refractivity contribution is -0.126. The summed E-state index contributed by atoms with van der Waals surface area (Å²) in [6.45, 7) is 5.17. The largest absolute Gasteiger partial charge is 0.368 e. The minimum absolute atomic E-state index is 0.000778. The number of aromatic nitrogens is 2. The Kier molecular flexibility index (Phi) is 4.86. The van der Waals surface area contributed by atoms with Gasteiger partial charge in [-0.15, -0.1) is 0 Å². The van der Waals surface area contributed by atoms with Gasteiger partial charge in [-0.25, -0.2) is 4.98 Å². The molecule has 0 spiro atoms. The molecular formula is C21H21ClN4O. The van der Waals surface area contributed by atoms with Crippen LogP contribution in [0.3, 0.4) is 0 Å². The smallest absolute Gasteiger partial charge is 0.246 e. The van der Waals surface area contributed by atoms with Crippen molar-refractivity contribution in [1.29, 1.82) is 0 Å². The summed E-state index contributed by atoms with van der Waals surface area (Å²) in [6, 6.07) is 14.2. The molecule has 1 aliphatic rings. The molecule has 5 nitrogen and oxygen atoms in total. The monoisotopic (exact) mass is 380 g/mol. The normalized spacial score (nSPS) is 15.0. The van der Waals surface area contributed by atoms with Crippen LogP contribution in [0.5, 0.6) is 0 Å². The van der Waals surface area contributed by atoms with E-state index < -0.39 is 0 Å². The van der Waals surface area contributed by atoms with Gasteiger partial charge in [0.2, 0.25) is 5.91 Å². The molecule has 1 amide bonds. The van der Waals surface area contributed by atoms with Crippen LogP contribution in [0.15, 0.2) is 54.7 Å². The van der Waals surface area contributed by atoms with E-state index in [1.54, 1.807) is 12.2 Å². The summed E-state index contributed by atoms with van der Waals surface area (Å²) in [6.07, 6.45) is 5.22. The summed E-state index contributed by atoms with van der Waals surface area (Å²) in [5.74, 6) is 0.000778. The fourth-order valence-electron chi connectivity index (χ4n) is 3.40. The number of hydrogen-bond donors (Lipinski definition) is 0. The fourth-order valence-corrected chi connectivity index (χ4v) is 3.64. The molecule has 1 fully saturated rings. The van der Waals surface area contributed by atoms with E-state index in [0.717, 1.165) is 24.4 Å². The van der Waals surface area contributed by atoms with Gasteiger partial charge in [-0.2, -0.15) is 0 Å². The van der Waals surface area contributed by atoms with E-state index in [0.29, 0.717) is 18.2 Å². The first-order chi connectivity index (χ1) is 13.1. The highest BCUT2D eigenvalue weighted by Crippen LogP contribution is 2.20. The van der Waals surface area contributed by atoms with Gasteiger partial charge in [0.25, 0.3) is 0 Å². The molecule has 0 bridgehead atoms. The minimum atomic E-state index is 0.000778. The van der Waals surface area contributed by atoms with E-state index in [4.69, 9.17) is 11.6 Å². The van der Waals surface area contributed by atoms with E-state index >= 15 is 0 Å². The zero-order chi connectivity index (χ0) is 18.8. The number of piperazine rings is 1. The van der Waals surface area contributed by atoms with Gasteiger partial charge in [0.05, 0.1) is 5.69 Å². The van der Waals surface area contributed by atoms with Gasteiger partial charge in [0.1, 0.15) is 5.65 Å². The summed E-state index contributed by atoms with van der Waals surface area (Å²) in [4.78, 5) is 21.1. The number of rotatable bonds is 3. The number of nitrogens with zero attached hydrogens (tertiary/aromatic N) is 4. The van der Waals surface area contributed by atoms with E-state index in [-0.39, 0.29) is 5.91 Å². The quantitative estimate of drug-likeness (QED) is 0.651. The number of halogens is 1. The van der Waals surface area contributed by atoms with Crippen LogP contribution in [-0.4, -0.2) is 46.4 Å². The van der Waals surface area contributed by atoms with Crippen molar-refractivity contribution >= 4 is 34.9 Å². The molecule has 0 aliphatic carbocycles. The molecule has 27 heavy (non-hydrogen) atoms. The van der Waals surface area contributed by atoms with Crippen LogP contribution >= 0.6 is 11.6 Å². The number of carbonyl (C=O) groups excluding carboxylic acids is 1. The highest BCUT2D eigenvalue weighted by molar-refractivity contribution is 6.31. The van der Waals surface area contributed by atoms with Crippen molar-refractivity contribution in [2.45, 2.75) is 6.92 Å². The topological polar surface area (TPSA) is 40.8 Å². The fraction of sp³-hybridized carbons (Fsp3) is 0.238. The third-order valence-corrected chi connectivity index (χ3v) is 5.14. The van der Waals surface area contributed by atoms with E-state index in [1.807, 2.05) is 33.7 Å². The number of carbonyl (C=O) groups is 1. The van der Waals surface area contributed by atoms with Crippen LogP contribution in [0.2, 0.25) is 5.15 Å². The molecule has 138 valence electrons. The Hall–Kier alpha value is -2.79. The molecule has 0 N–H and O–H groups in total. The molecule has 0 saturated carbocycles. The molecule has 2 aromatic heterocycles. The van der Waals surface area contributed by atoms with Crippen LogP contribution in [0.1, 0.15) is 11.3 Å². The van der Waals surface area contributed by atoms with Gasteiger partial charge in [-0.3, -0.25) is 9.20 Å². The van der Waals surface area contributed by atoms with E-state index in [2.05, 4.69) is 41.1 Å². The molecule has 3 aromatic rings. The van der Waals surface area contributed by atoms with Crippen LogP contribution in [-0.2, 0) is 4.79 Å². The predicted octanol–water partition coefficient (Wildman–Crippen LogP) is 3.66. The van der Waals surface area contributed by atoms with Crippen molar-refractivity contribution in [3.8, 4) is 0 Å². The average Bonchev–Trinajstić information content (AvgIpc) is 3.01. The molecule has 6 heteroatoms. The number of anilines is 1. The average molecular weight is 381 g/mol. The number of hydrogen-bond acceptors (Lipinski definition) is 3. The number of benzene rings is 1. The Balaban J connectivity index is 1.42. The van der Waals surface area contributed by atoms with Crippen LogP contribution in [0.25, 0.3) is 11.7 Å². The van der Waals surface area contributed by atoms with Crippen molar-refractivity contribution in [2.75, 3.05) is 31.1 Å². The Morgan fingerprint density at radius 3 is 2.70 bits per heavy atom. The van der Waals surface area contributed by atoms with Gasteiger partial charge < -0.3 is 9.80 Å². The molecule has 1 saturated heterocycles. The second-order valence-corrected chi connectivity index (χ2v) is 7.06. The summed E-state index contributed by atoms with van der Waals surface area (Å²) < 4.78 is 1.88.